The molecular formula is C8H19N5O3S. The Kier molecular flexibility index (Phi) is 5.12. The fraction of sp³-hybridized carbons (Fsp3) is 0.875. The van der Waals surface area contributed by atoms with Crippen LogP contribution in [-0.4, -0.2) is 67.9 Å². The second-order valence-electron chi connectivity index (χ2n) is 3.77. The lowest BCUT2D eigenvalue weighted by molar-refractivity contribution is 0.205. The van der Waals surface area contributed by atoms with Crippen molar-refractivity contribution >= 4 is 16.0 Å². The molecule has 0 saturated carbocycles. The minimum Gasteiger partial charge on any atom is -0.409 e. The van der Waals surface area contributed by atoms with Crippen molar-refractivity contribution < 1.29 is 13.6 Å². The van der Waals surface area contributed by atoms with Crippen LogP contribution in [0.2, 0.25) is 0 Å². The molecule has 0 aromatic heterocycles. The van der Waals surface area contributed by atoms with Crippen LogP contribution >= 0.6 is 0 Å². The van der Waals surface area contributed by atoms with Crippen molar-refractivity contribution in [2.45, 2.75) is 6.92 Å². The van der Waals surface area contributed by atoms with Gasteiger partial charge in [0.1, 0.15) is 0 Å². The fourth-order valence-corrected chi connectivity index (χ4v) is 2.85. The first-order valence-corrected chi connectivity index (χ1v) is 6.87. The molecule has 9 heteroatoms. The number of rotatable bonds is 5. The summed E-state index contributed by atoms with van der Waals surface area (Å²) in [6, 6.07) is 0. The molecule has 0 spiro atoms. The normalized spacial score (nSPS) is 20.6. The number of hydrogen-bond donors (Lipinski definition) is 3. The third kappa shape index (κ3) is 4.11. The van der Waals surface area contributed by atoms with Gasteiger partial charge in [-0.2, -0.15) is 12.7 Å². The van der Waals surface area contributed by atoms with Crippen LogP contribution in [0.15, 0.2) is 5.16 Å². The Morgan fingerprint density at radius 1 is 1.41 bits per heavy atom. The van der Waals surface area contributed by atoms with Crippen molar-refractivity contribution in [2.24, 2.45) is 10.9 Å². The molecule has 8 nitrogen and oxygen atoms in total. The first kappa shape index (κ1) is 14.2. The van der Waals surface area contributed by atoms with Gasteiger partial charge in [0, 0.05) is 32.7 Å². The smallest absolute Gasteiger partial charge is 0.279 e. The van der Waals surface area contributed by atoms with Gasteiger partial charge in [-0.25, -0.2) is 4.72 Å². The van der Waals surface area contributed by atoms with Crippen LogP contribution < -0.4 is 10.5 Å². The lowest BCUT2D eigenvalue weighted by Gasteiger charge is -2.33. The Bertz CT molecular complexity index is 361. The average Bonchev–Trinajstić information content (AvgIpc) is 2.29. The largest absolute Gasteiger partial charge is 0.409 e. The van der Waals surface area contributed by atoms with Gasteiger partial charge in [-0.15, -0.1) is 0 Å². The molecule has 0 aliphatic carbocycles. The third-order valence-corrected chi connectivity index (χ3v) is 4.21. The number of hydrogen-bond acceptors (Lipinski definition) is 5. The van der Waals surface area contributed by atoms with Gasteiger partial charge in [-0.1, -0.05) is 12.1 Å². The fourth-order valence-electron chi connectivity index (χ4n) is 1.66. The minimum absolute atomic E-state index is 0.132. The Labute approximate surface area is 101 Å². The standard InChI is InChI=1S/C8H19N5O3S/c1-2-10-17(15,16)13-5-3-12(4-6-13)7-8(9)11-14/h10,14H,2-7H2,1H3,(H2,9,11). The van der Waals surface area contributed by atoms with Gasteiger partial charge >= 0.3 is 0 Å². The summed E-state index contributed by atoms with van der Waals surface area (Å²) in [6.45, 7) is 4.44. The van der Waals surface area contributed by atoms with Crippen LogP contribution in [0.1, 0.15) is 6.92 Å². The molecule has 0 amide bonds. The average molecular weight is 265 g/mol. The van der Waals surface area contributed by atoms with E-state index in [2.05, 4.69) is 9.88 Å². The molecule has 0 unspecified atom stereocenters. The molecule has 1 aliphatic heterocycles. The van der Waals surface area contributed by atoms with Gasteiger partial charge in [0.2, 0.25) is 0 Å². The minimum atomic E-state index is -3.35. The molecule has 1 aliphatic rings. The summed E-state index contributed by atoms with van der Waals surface area (Å²) in [6.07, 6.45) is 0. The van der Waals surface area contributed by atoms with E-state index in [1.807, 2.05) is 4.90 Å². The van der Waals surface area contributed by atoms with Crippen molar-refractivity contribution in [3.05, 3.63) is 0 Å². The van der Waals surface area contributed by atoms with Gasteiger partial charge in [-0.3, -0.25) is 4.90 Å². The number of amidine groups is 1. The highest BCUT2D eigenvalue weighted by atomic mass is 32.2. The van der Waals surface area contributed by atoms with E-state index in [-0.39, 0.29) is 5.84 Å². The van der Waals surface area contributed by atoms with Gasteiger partial charge in [-0.05, 0) is 0 Å². The maximum Gasteiger partial charge on any atom is 0.279 e. The predicted molar refractivity (Wildman–Crippen MR) is 64.0 cm³/mol. The predicted octanol–water partition coefficient (Wildman–Crippen LogP) is -1.80. The first-order valence-electron chi connectivity index (χ1n) is 5.43. The zero-order chi connectivity index (χ0) is 12.9. The van der Waals surface area contributed by atoms with E-state index in [4.69, 9.17) is 10.9 Å². The van der Waals surface area contributed by atoms with Gasteiger partial charge < -0.3 is 10.9 Å². The van der Waals surface area contributed by atoms with Crippen molar-refractivity contribution in [1.82, 2.24) is 13.9 Å². The van der Waals surface area contributed by atoms with Crippen LogP contribution in [0.5, 0.6) is 0 Å². The zero-order valence-electron chi connectivity index (χ0n) is 9.83. The Morgan fingerprint density at radius 2 is 2.00 bits per heavy atom. The van der Waals surface area contributed by atoms with Crippen molar-refractivity contribution in [1.29, 1.82) is 0 Å². The lowest BCUT2D eigenvalue weighted by atomic mass is 10.3. The lowest BCUT2D eigenvalue weighted by Crippen LogP contribution is -2.53. The van der Waals surface area contributed by atoms with Crippen molar-refractivity contribution in [3.63, 3.8) is 0 Å². The molecule has 1 fully saturated rings. The van der Waals surface area contributed by atoms with E-state index < -0.39 is 10.2 Å². The molecule has 1 saturated heterocycles. The Hall–Kier alpha value is -0.900. The van der Waals surface area contributed by atoms with Gasteiger partial charge in [0.25, 0.3) is 10.2 Å². The number of nitrogens with one attached hydrogen (secondary N) is 1. The molecule has 0 bridgehead atoms. The molecule has 17 heavy (non-hydrogen) atoms. The van der Waals surface area contributed by atoms with E-state index >= 15 is 0 Å². The molecule has 4 N–H and O–H groups in total. The van der Waals surface area contributed by atoms with Crippen LogP contribution in [0, 0.1) is 0 Å². The summed E-state index contributed by atoms with van der Waals surface area (Å²) in [5.41, 5.74) is 5.39. The highest BCUT2D eigenvalue weighted by Gasteiger charge is 2.26. The summed E-state index contributed by atoms with van der Waals surface area (Å²) in [5.74, 6) is 0.132. The van der Waals surface area contributed by atoms with Crippen LogP contribution in [0.25, 0.3) is 0 Å². The molecule has 0 aromatic carbocycles. The van der Waals surface area contributed by atoms with E-state index in [9.17, 15) is 8.42 Å². The van der Waals surface area contributed by atoms with Crippen molar-refractivity contribution in [3.8, 4) is 0 Å². The topological polar surface area (TPSA) is 111 Å². The van der Waals surface area contributed by atoms with Crippen LogP contribution in [-0.2, 0) is 10.2 Å². The highest BCUT2D eigenvalue weighted by Crippen LogP contribution is 2.05. The molecule has 0 aromatic rings. The summed E-state index contributed by atoms with van der Waals surface area (Å²) < 4.78 is 27.2. The van der Waals surface area contributed by atoms with E-state index in [1.54, 1.807) is 6.92 Å². The van der Waals surface area contributed by atoms with Crippen LogP contribution in [0.3, 0.4) is 0 Å². The molecule has 0 radical (unpaired) electrons. The summed E-state index contributed by atoms with van der Waals surface area (Å²) in [5, 5.41) is 11.3. The van der Waals surface area contributed by atoms with E-state index in [0.717, 1.165) is 0 Å². The number of nitrogens with two attached hydrogens (primary N) is 1. The maximum atomic E-state index is 11.7. The Balaban J connectivity index is 2.46. The second kappa shape index (κ2) is 6.15. The second-order valence-corrected chi connectivity index (χ2v) is 5.52. The van der Waals surface area contributed by atoms with Gasteiger partial charge in [0.15, 0.2) is 5.84 Å². The SMILES string of the molecule is CCNS(=O)(=O)N1CCN(CC(N)=NO)CC1. The summed E-state index contributed by atoms with van der Waals surface area (Å²) in [4.78, 5) is 1.94. The first-order chi connectivity index (χ1) is 7.99. The Morgan fingerprint density at radius 3 is 2.47 bits per heavy atom. The number of oxime groups is 1. The monoisotopic (exact) mass is 265 g/mol. The number of piperazine rings is 1. The molecule has 100 valence electrons. The summed E-state index contributed by atoms with van der Waals surface area (Å²) in [7, 11) is -3.35. The quantitative estimate of drug-likeness (QED) is 0.235. The summed E-state index contributed by atoms with van der Waals surface area (Å²) >= 11 is 0. The molecule has 1 heterocycles. The van der Waals surface area contributed by atoms with Crippen LogP contribution in [0.4, 0.5) is 0 Å². The number of nitrogens with zero attached hydrogens (tertiary/aromatic N) is 3. The van der Waals surface area contributed by atoms with E-state index in [0.29, 0.717) is 39.3 Å². The van der Waals surface area contributed by atoms with E-state index in [1.165, 1.54) is 4.31 Å². The molecule has 1 rings (SSSR count). The molecule has 0 atom stereocenters. The third-order valence-electron chi connectivity index (χ3n) is 2.51. The maximum absolute atomic E-state index is 11.7. The highest BCUT2D eigenvalue weighted by molar-refractivity contribution is 7.87. The van der Waals surface area contributed by atoms with Crippen molar-refractivity contribution in [2.75, 3.05) is 39.3 Å². The van der Waals surface area contributed by atoms with Gasteiger partial charge in [0.05, 0.1) is 6.54 Å². The molecular weight excluding hydrogens is 246 g/mol. The zero-order valence-corrected chi connectivity index (χ0v) is 10.7.